The fraction of sp³-hybridized carbons (Fsp3) is 0.688. The van der Waals surface area contributed by atoms with Gasteiger partial charge in [-0.3, -0.25) is 0 Å². The summed E-state index contributed by atoms with van der Waals surface area (Å²) in [5, 5.41) is 11.4. The number of piperidine rings is 1. The Balaban J connectivity index is 1.94. The van der Waals surface area contributed by atoms with Gasteiger partial charge in [0.05, 0.1) is 11.7 Å². The number of carbonyl (C=O) groups is 1. The van der Waals surface area contributed by atoms with E-state index in [4.69, 9.17) is 4.74 Å². The third-order valence-electron chi connectivity index (χ3n) is 3.57. The van der Waals surface area contributed by atoms with Crippen LogP contribution in [0.2, 0.25) is 0 Å². The number of hydrogen-bond donors (Lipinski definition) is 1. The average molecular weight is 306 g/mol. The van der Waals surface area contributed by atoms with Gasteiger partial charge in [-0.15, -0.1) is 5.10 Å². The van der Waals surface area contributed by atoms with Crippen molar-refractivity contribution in [2.45, 2.75) is 58.6 Å². The summed E-state index contributed by atoms with van der Waals surface area (Å²) < 4.78 is 5.51. The van der Waals surface area contributed by atoms with Crippen molar-refractivity contribution in [2.24, 2.45) is 0 Å². The molecule has 1 aromatic heterocycles. The van der Waals surface area contributed by atoms with Gasteiger partial charge in [0, 0.05) is 13.1 Å². The first-order chi connectivity index (χ1) is 10.3. The number of hydrogen-bond acceptors (Lipinski definition) is 5. The molecule has 0 unspecified atom stereocenters. The lowest BCUT2D eigenvalue weighted by molar-refractivity contribution is 0.0114. The molecule has 22 heavy (non-hydrogen) atoms. The molecule has 0 aromatic carbocycles. The third kappa shape index (κ3) is 4.86. The van der Waals surface area contributed by atoms with Crippen LogP contribution in [-0.2, 0) is 4.74 Å². The van der Waals surface area contributed by atoms with E-state index in [1.807, 2.05) is 44.7 Å². The second kappa shape index (κ2) is 6.94. The Bertz CT molecular complexity index is 496. The molecule has 2 heterocycles. The fourth-order valence-electron chi connectivity index (χ4n) is 2.49. The molecular weight excluding hydrogens is 280 g/mol. The molecule has 0 radical (unpaired) electrons. The van der Waals surface area contributed by atoms with Gasteiger partial charge in [0.25, 0.3) is 0 Å². The summed E-state index contributed by atoms with van der Waals surface area (Å²) in [5.41, 5.74) is 0.424. The van der Waals surface area contributed by atoms with E-state index in [1.54, 1.807) is 0 Å². The van der Waals surface area contributed by atoms with E-state index < -0.39 is 5.60 Å². The van der Waals surface area contributed by atoms with E-state index in [-0.39, 0.29) is 12.1 Å². The van der Waals surface area contributed by atoms with Crippen molar-refractivity contribution >= 4 is 11.9 Å². The third-order valence-corrected chi connectivity index (χ3v) is 3.57. The minimum absolute atomic E-state index is 0.131. The lowest BCUT2D eigenvalue weighted by Crippen LogP contribution is -2.48. The quantitative estimate of drug-likeness (QED) is 0.930. The molecular formula is C16H26N4O2. The van der Waals surface area contributed by atoms with Crippen LogP contribution < -0.4 is 5.32 Å². The number of anilines is 1. The summed E-state index contributed by atoms with van der Waals surface area (Å²) in [6.45, 7) is 9.00. The predicted molar refractivity (Wildman–Crippen MR) is 85.8 cm³/mol. The highest BCUT2D eigenvalue weighted by Crippen LogP contribution is 2.20. The van der Waals surface area contributed by atoms with E-state index in [1.165, 1.54) is 0 Å². The molecule has 6 heteroatoms. The Morgan fingerprint density at radius 3 is 2.77 bits per heavy atom. The maximum absolute atomic E-state index is 12.3. The van der Waals surface area contributed by atoms with E-state index in [0.717, 1.165) is 37.3 Å². The van der Waals surface area contributed by atoms with Crippen LogP contribution in [0.15, 0.2) is 12.1 Å². The topological polar surface area (TPSA) is 67.4 Å². The van der Waals surface area contributed by atoms with Crippen molar-refractivity contribution < 1.29 is 9.53 Å². The molecule has 0 bridgehead atoms. The molecule has 1 aliphatic heterocycles. The SMILES string of the molecule is Cc1ccc(NC[C@H]2CCCCN2C(=O)OC(C)(C)C)nn1. The summed E-state index contributed by atoms with van der Waals surface area (Å²) in [6, 6.07) is 3.96. The number of carbonyl (C=O) groups excluding carboxylic acids is 1. The van der Waals surface area contributed by atoms with E-state index in [2.05, 4.69) is 15.5 Å². The molecule has 1 aromatic rings. The van der Waals surface area contributed by atoms with Crippen LogP contribution in [0.5, 0.6) is 0 Å². The average Bonchev–Trinajstić information content (AvgIpc) is 2.45. The van der Waals surface area contributed by atoms with Gasteiger partial charge in [0.15, 0.2) is 0 Å². The Hall–Kier alpha value is -1.85. The Kier molecular flexibility index (Phi) is 5.21. The van der Waals surface area contributed by atoms with E-state index in [0.29, 0.717) is 6.54 Å². The number of aryl methyl sites for hydroxylation is 1. The van der Waals surface area contributed by atoms with Crippen molar-refractivity contribution in [2.75, 3.05) is 18.4 Å². The van der Waals surface area contributed by atoms with Crippen molar-refractivity contribution in [1.29, 1.82) is 0 Å². The van der Waals surface area contributed by atoms with Gasteiger partial charge in [-0.25, -0.2) is 4.79 Å². The van der Waals surface area contributed by atoms with Crippen LogP contribution in [0.1, 0.15) is 45.7 Å². The number of aromatic nitrogens is 2. The molecule has 1 aliphatic rings. The summed E-state index contributed by atoms with van der Waals surface area (Å²) in [4.78, 5) is 14.2. The highest BCUT2D eigenvalue weighted by molar-refractivity contribution is 5.68. The molecule has 1 amide bonds. The predicted octanol–water partition coefficient (Wildman–Crippen LogP) is 2.99. The van der Waals surface area contributed by atoms with Gasteiger partial charge in [-0.2, -0.15) is 5.10 Å². The number of likely N-dealkylation sites (tertiary alicyclic amines) is 1. The minimum Gasteiger partial charge on any atom is -0.444 e. The Labute approximate surface area is 132 Å². The molecule has 2 rings (SSSR count). The van der Waals surface area contributed by atoms with Crippen LogP contribution in [0.25, 0.3) is 0 Å². The second-order valence-electron chi connectivity index (χ2n) is 6.76. The van der Waals surface area contributed by atoms with Gasteiger partial charge in [-0.1, -0.05) is 0 Å². The molecule has 0 saturated carbocycles. The van der Waals surface area contributed by atoms with Crippen LogP contribution in [-0.4, -0.2) is 45.9 Å². The first kappa shape index (κ1) is 16.5. The van der Waals surface area contributed by atoms with Crippen molar-refractivity contribution in [3.63, 3.8) is 0 Å². The van der Waals surface area contributed by atoms with E-state index in [9.17, 15) is 4.79 Å². The molecule has 0 spiro atoms. The van der Waals surface area contributed by atoms with Crippen LogP contribution in [0.3, 0.4) is 0 Å². The largest absolute Gasteiger partial charge is 0.444 e. The van der Waals surface area contributed by atoms with Gasteiger partial charge in [-0.05, 0) is 59.1 Å². The highest BCUT2D eigenvalue weighted by Gasteiger charge is 2.30. The molecule has 1 fully saturated rings. The minimum atomic E-state index is -0.463. The molecule has 0 aliphatic carbocycles. The van der Waals surface area contributed by atoms with Gasteiger partial charge in [0.2, 0.25) is 0 Å². The normalized spacial score (nSPS) is 18.9. The monoisotopic (exact) mass is 306 g/mol. The molecule has 1 saturated heterocycles. The zero-order chi connectivity index (χ0) is 16.2. The van der Waals surface area contributed by atoms with Crippen molar-refractivity contribution in [3.05, 3.63) is 17.8 Å². The molecule has 1 atom stereocenters. The number of rotatable bonds is 3. The van der Waals surface area contributed by atoms with Gasteiger partial charge in [0.1, 0.15) is 11.4 Å². The fourth-order valence-corrected chi connectivity index (χ4v) is 2.49. The molecule has 122 valence electrons. The highest BCUT2D eigenvalue weighted by atomic mass is 16.6. The summed E-state index contributed by atoms with van der Waals surface area (Å²) >= 11 is 0. The first-order valence-corrected chi connectivity index (χ1v) is 7.89. The Morgan fingerprint density at radius 2 is 2.14 bits per heavy atom. The van der Waals surface area contributed by atoms with Crippen molar-refractivity contribution in [3.8, 4) is 0 Å². The lowest BCUT2D eigenvalue weighted by Gasteiger charge is -2.36. The summed E-state index contributed by atoms with van der Waals surface area (Å²) in [6.07, 6.45) is 2.91. The summed E-state index contributed by atoms with van der Waals surface area (Å²) in [5.74, 6) is 0.736. The molecule has 6 nitrogen and oxygen atoms in total. The lowest BCUT2D eigenvalue weighted by atomic mass is 10.0. The van der Waals surface area contributed by atoms with Crippen LogP contribution in [0.4, 0.5) is 10.6 Å². The number of ether oxygens (including phenoxy) is 1. The Morgan fingerprint density at radius 1 is 1.36 bits per heavy atom. The standard InChI is InChI=1S/C16H26N4O2/c1-12-8-9-14(19-18-12)17-11-13-7-5-6-10-20(13)15(21)22-16(2,3)4/h8-9,13H,5-7,10-11H2,1-4H3,(H,17,19)/t13-/m1/s1. The maximum Gasteiger partial charge on any atom is 0.410 e. The summed E-state index contributed by atoms with van der Waals surface area (Å²) in [7, 11) is 0. The van der Waals surface area contributed by atoms with Crippen LogP contribution >= 0.6 is 0 Å². The number of nitrogens with one attached hydrogen (secondary N) is 1. The van der Waals surface area contributed by atoms with Crippen molar-refractivity contribution in [1.82, 2.24) is 15.1 Å². The maximum atomic E-state index is 12.3. The van der Waals surface area contributed by atoms with Gasteiger partial charge >= 0.3 is 6.09 Å². The zero-order valence-electron chi connectivity index (χ0n) is 13.9. The molecule has 1 N–H and O–H groups in total. The number of amides is 1. The zero-order valence-corrected chi connectivity index (χ0v) is 13.9. The smallest absolute Gasteiger partial charge is 0.410 e. The van der Waals surface area contributed by atoms with Gasteiger partial charge < -0.3 is 15.0 Å². The first-order valence-electron chi connectivity index (χ1n) is 7.89. The van der Waals surface area contributed by atoms with Crippen LogP contribution in [0, 0.1) is 6.92 Å². The number of nitrogens with zero attached hydrogens (tertiary/aromatic N) is 3. The second-order valence-corrected chi connectivity index (χ2v) is 6.76. The van der Waals surface area contributed by atoms with E-state index >= 15 is 0 Å².